The highest BCUT2D eigenvalue weighted by molar-refractivity contribution is 5.26. The molecule has 0 aromatic heterocycles. The average Bonchev–Trinajstić information content (AvgIpc) is 2.37. The van der Waals surface area contributed by atoms with Gasteiger partial charge in [0.05, 0.1) is 12.4 Å². The van der Waals surface area contributed by atoms with Gasteiger partial charge in [-0.3, -0.25) is 0 Å². The zero-order valence-electron chi connectivity index (χ0n) is 11.1. The number of hydrogen-bond donors (Lipinski definition) is 1. The summed E-state index contributed by atoms with van der Waals surface area (Å²) < 4.78 is 43.4. The van der Waals surface area contributed by atoms with E-state index in [2.05, 4.69) is 5.32 Å². The normalized spacial score (nSPS) is 28.6. The Labute approximate surface area is 111 Å². The molecule has 1 aliphatic heterocycles. The van der Waals surface area contributed by atoms with Crippen molar-refractivity contribution in [3.8, 4) is 0 Å². The molecule has 0 spiro atoms. The maximum atomic E-state index is 12.6. The Kier molecular flexibility index (Phi) is 4.55. The zero-order chi connectivity index (χ0) is 13.9. The van der Waals surface area contributed by atoms with E-state index in [1.165, 1.54) is 6.08 Å². The summed E-state index contributed by atoms with van der Waals surface area (Å²) in [7, 11) is 0. The van der Waals surface area contributed by atoms with Crippen LogP contribution in [0.3, 0.4) is 0 Å². The van der Waals surface area contributed by atoms with E-state index in [1.54, 1.807) is 6.92 Å². The summed E-state index contributed by atoms with van der Waals surface area (Å²) in [6.07, 6.45) is 0.683. The molecule has 108 valence electrons. The van der Waals surface area contributed by atoms with E-state index in [0.717, 1.165) is 32.0 Å². The average molecular weight is 275 g/mol. The standard InChI is InChI=1S/C14H20F3NO/c1-10-7-12(14(15,16)17)4-5-13(10)19-9-11-3-2-6-18-8-11/h4-5,10-11,18H,2-3,6-9H2,1H3. The minimum absolute atomic E-state index is 0.0122. The molecule has 0 bridgehead atoms. The molecule has 0 saturated carbocycles. The van der Waals surface area contributed by atoms with Gasteiger partial charge in [-0.05, 0) is 31.9 Å². The smallest absolute Gasteiger partial charge is 0.412 e. The van der Waals surface area contributed by atoms with Gasteiger partial charge in [0.15, 0.2) is 0 Å². The van der Waals surface area contributed by atoms with Crippen LogP contribution in [0.2, 0.25) is 0 Å². The molecular weight excluding hydrogens is 255 g/mol. The third-order valence-electron chi connectivity index (χ3n) is 3.71. The first-order chi connectivity index (χ1) is 8.97. The molecule has 1 fully saturated rings. The molecule has 1 aliphatic carbocycles. The highest BCUT2D eigenvalue weighted by atomic mass is 19.4. The zero-order valence-corrected chi connectivity index (χ0v) is 11.1. The second-order valence-corrected chi connectivity index (χ2v) is 5.39. The fourth-order valence-electron chi connectivity index (χ4n) is 2.53. The van der Waals surface area contributed by atoms with Gasteiger partial charge in [-0.25, -0.2) is 0 Å². The molecule has 2 rings (SSSR count). The van der Waals surface area contributed by atoms with Crippen molar-refractivity contribution in [3.05, 3.63) is 23.5 Å². The predicted octanol–water partition coefficient (Wildman–Crippen LogP) is 3.42. The summed E-state index contributed by atoms with van der Waals surface area (Å²) in [6.45, 7) is 4.36. The first-order valence-electron chi connectivity index (χ1n) is 6.78. The minimum atomic E-state index is -4.22. The van der Waals surface area contributed by atoms with E-state index in [9.17, 15) is 13.2 Å². The van der Waals surface area contributed by atoms with Gasteiger partial charge in [-0.2, -0.15) is 13.2 Å². The van der Waals surface area contributed by atoms with Gasteiger partial charge in [0.2, 0.25) is 0 Å². The van der Waals surface area contributed by atoms with Crippen LogP contribution in [-0.2, 0) is 4.74 Å². The van der Waals surface area contributed by atoms with Crippen molar-refractivity contribution in [2.75, 3.05) is 19.7 Å². The number of ether oxygens (including phenoxy) is 1. The predicted molar refractivity (Wildman–Crippen MR) is 67.5 cm³/mol. The Morgan fingerprint density at radius 3 is 2.74 bits per heavy atom. The summed E-state index contributed by atoms with van der Waals surface area (Å²) in [5.41, 5.74) is -0.466. The van der Waals surface area contributed by atoms with Crippen molar-refractivity contribution >= 4 is 0 Å². The number of piperidine rings is 1. The monoisotopic (exact) mass is 275 g/mol. The van der Waals surface area contributed by atoms with Crippen molar-refractivity contribution in [1.29, 1.82) is 0 Å². The summed E-state index contributed by atoms with van der Waals surface area (Å²) in [4.78, 5) is 0. The number of allylic oxidation sites excluding steroid dienone is 4. The summed E-state index contributed by atoms with van der Waals surface area (Å²) in [6, 6.07) is 0. The number of hydrogen-bond acceptors (Lipinski definition) is 2. The van der Waals surface area contributed by atoms with Crippen LogP contribution in [0.5, 0.6) is 0 Å². The van der Waals surface area contributed by atoms with Gasteiger partial charge in [-0.15, -0.1) is 0 Å². The van der Waals surface area contributed by atoms with Crippen LogP contribution in [0.25, 0.3) is 0 Å². The molecule has 0 amide bonds. The second-order valence-electron chi connectivity index (χ2n) is 5.39. The summed E-state index contributed by atoms with van der Waals surface area (Å²) in [5, 5.41) is 3.30. The maximum absolute atomic E-state index is 12.6. The van der Waals surface area contributed by atoms with Gasteiger partial charge in [0.1, 0.15) is 0 Å². The van der Waals surface area contributed by atoms with Crippen molar-refractivity contribution in [3.63, 3.8) is 0 Å². The van der Waals surface area contributed by atoms with Crippen molar-refractivity contribution < 1.29 is 17.9 Å². The lowest BCUT2D eigenvalue weighted by molar-refractivity contribution is -0.0956. The molecule has 2 nitrogen and oxygen atoms in total. The molecule has 1 saturated heterocycles. The Bertz CT molecular complexity index is 367. The van der Waals surface area contributed by atoms with E-state index in [0.29, 0.717) is 18.3 Å². The molecule has 19 heavy (non-hydrogen) atoms. The van der Waals surface area contributed by atoms with Crippen LogP contribution in [0, 0.1) is 11.8 Å². The molecule has 2 atom stereocenters. The Morgan fingerprint density at radius 2 is 2.16 bits per heavy atom. The lowest BCUT2D eigenvalue weighted by Gasteiger charge is -2.27. The van der Waals surface area contributed by atoms with Crippen molar-refractivity contribution in [1.82, 2.24) is 5.32 Å². The molecular formula is C14H20F3NO. The largest absolute Gasteiger partial charge is 0.497 e. The Hall–Kier alpha value is -0.970. The molecule has 0 aromatic carbocycles. The molecule has 1 N–H and O–H groups in total. The fraction of sp³-hybridized carbons (Fsp3) is 0.714. The van der Waals surface area contributed by atoms with E-state index < -0.39 is 11.7 Å². The van der Waals surface area contributed by atoms with Crippen LogP contribution in [0.1, 0.15) is 26.2 Å². The van der Waals surface area contributed by atoms with E-state index in [4.69, 9.17) is 4.74 Å². The molecule has 0 aromatic rings. The number of alkyl halides is 3. The molecule has 0 radical (unpaired) electrons. The third kappa shape index (κ3) is 4.00. The lowest BCUT2D eigenvalue weighted by Crippen LogP contribution is -2.32. The van der Waals surface area contributed by atoms with Crippen molar-refractivity contribution in [2.45, 2.75) is 32.4 Å². The van der Waals surface area contributed by atoms with Crippen LogP contribution in [0.4, 0.5) is 13.2 Å². The summed E-state index contributed by atoms with van der Waals surface area (Å²) in [5.74, 6) is 0.951. The van der Waals surface area contributed by atoms with Crippen LogP contribution < -0.4 is 5.32 Å². The number of rotatable bonds is 3. The van der Waals surface area contributed by atoms with Crippen LogP contribution in [0.15, 0.2) is 23.5 Å². The van der Waals surface area contributed by atoms with Crippen LogP contribution in [-0.4, -0.2) is 25.9 Å². The quantitative estimate of drug-likeness (QED) is 0.852. The van der Waals surface area contributed by atoms with Gasteiger partial charge >= 0.3 is 6.18 Å². The first kappa shape index (κ1) is 14.4. The second kappa shape index (κ2) is 5.99. The minimum Gasteiger partial charge on any atom is -0.497 e. The summed E-state index contributed by atoms with van der Waals surface area (Å²) >= 11 is 0. The lowest BCUT2D eigenvalue weighted by atomic mass is 9.93. The Balaban J connectivity index is 1.89. The van der Waals surface area contributed by atoms with E-state index >= 15 is 0 Å². The molecule has 2 aliphatic rings. The Morgan fingerprint density at radius 1 is 1.37 bits per heavy atom. The van der Waals surface area contributed by atoms with E-state index in [1.807, 2.05) is 0 Å². The number of nitrogens with one attached hydrogen (secondary N) is 1. The van der Waals surface area contributed by atoms with Gasteiger partial charge in [0.25, 0.3) is 0 Å². The molecule has 2 unspecified atom stereocenters. The van der Waals surface area contributed by atoms with Crippen LogP contribution >= 0.6 is 0 Å². The van der Waals surface area contributed by atoms with Gasteiger partial charge in [0, 0.05) is 24.0 Å². The topological polar surface area (TPSA) is 21.3 Å². The highest BCUT2D eigenvalue weighted by Gasteiger charge is 2.36. The SMILES string of the molecule is CC1CC(C(F)(F)F)=CC=C1OCC1CCCNC1. The van der Waals surface area contributed by atoms with E-state index in [-0.39, 0.29) is 12.3 Å². The maximum Gasteiger partial charge on any atom is 0.412 e. The van der Waals surface area contributed by atoms with Crippen molar-refractivity contribution in [2.24, 2.45) is 11.8 Å². The third-order valence-corrected chi connectivity index (χ3v) is 3.71. The van der Waals surface area contributed by atoms with Gasteiger partial charge in [-0.1, -0.05) is 13.0 Å². The highest BCUT2D eigenvalue weighted by Crippen LogP contribution is 2.36. The number of halogens is 3. The molecule has 1 heterocycles. The first-order valence-corrected chi connectivity index (χ1v) is 6.78. The fourth-order valence-corrected chi connectivity index (χ4v) is 2.53. The van der Waals surface area contributed by atoms with Gasteiger partial charge < -0.3 is 10.1 Å². The molecule has 5 heteroatoms.